The lowest BCUT2D eigenvalue weighted by Crippen LogP contribution is -2.34. The number of hydrogen-bond acceptors (Lipinski definition) is 5. The molecule has 0 aliphatic carbocycles. The Kier molecular flexibility index (Phi) is 5.93. The van der Waals surface area contributed by atoms with Crippen molar-refractivity contribution in [1.29, 1.82) is 0 Å². The van der Waals surface area contributed by atoms with Crippen LogP contribution in [-0.4, -0.2) is 43.9 Å². The SMILES string of the molecule is C[C@@H](CO)NS(=O)(=O)c1ccc(OCCC(=O)O)cc1. The summed E-state index contributed by atoms with van der Waals surface area (Å²) in [6.07, 6.45) is -0.129. The lowest BCUT2D eigenvalue weighted by Gasteiger charge is -2.12. The number of sulfonamides is 1. The molecule has 0 aromatic heterocycles. The zero-order valence-corrected chi connectivity index (χ0v) is 11.8. The molecule has 1 aromatic carbocycles. The van der Waals surface area contributed by atoms with Crippen molar-refractivity contribution in [2.24, 2.45) is 0 Å². The molecule has 1 rings (SSSR count). The van der Waals surface area contributed by atoms with Crippen LogP contribution in [0.2, 0.25) is 0 Å². The zero-order valence-electron chi connectivity index (χ0n) is 10.9. The molecule has 20 heavy (non-hydrogen) atoms. The van der Waals surface area contributed by atoms with Crippen LogP contribution in [0.1, 0.15) is 13.3 Å². The minimum atomic E-state index is -3.68. The molecule has 0 aliphatic heterocycles. The quantitative estimate of drug-likeness (QED) is 0.632. The largest absolute Gasteiger partial charge is 0.493 e. The average molecular weight is 303 g/mol. The van der Waals surface area contributed by atoms with E-state index in [1.807, 2.05) is 0 Å². The fraction of sp³-hybridized carbons (Fsp3) is 0.417. The van der Waals surface area contributed by atoms with E-state index in [-0.39, 0.29) is 24.5 Å². The van der Waals surface area contributed by atoms with Gasteiger partial charge < -0.3 is 14.9 Å². The highest BCUT2D eigenvalue weighted by atomic mass is 32.2. The van der Waals surface area contributed by atoms with Gasteiger partial charge in [0, 0.05) is 6.04 Å². The van der Waals surface area contributed by atoms with E-state index in [9.17, 15) is 13.2 Å². The maximum atomic E-state index is 11.9. The molecule has 0 bridgehead atoms. The molecule has 0 radical (unpaired) electrons. The van der Waals surface area contributed by atoms with Gasteiger partial charge in [-0.1, -0.05) is 0 Å². The van der Waals surface area contributed by atoms with Gasteiger partial charge in [0.05, 0.1) is 24.5 Å². The van der Waals surface area contributed by atoms with Gasteiger partial charge in [-0.3, -0.25) is 4.79 Å². The summed E-state index contributed by atoms with van der Waals surface area (Å²) in [7, 11) is -3.68. The molecule has 0 saturated heterocycles. The summed E-state index contributed by atoms with van der Waals surface area (Å²) in [6.45, 7) is 1.26. The van der Waals surface area contributed by atoms with Crippen LogP contribution in [0, 0.1) is 0 Å². The van der Waals surface area contributed by atoms with Crippen molar-refractivity contribution in [3.05, 3.63) is 24.3 Å². The fourth-order valence-corrected chi connectivity index (χ4v) is 2.58. The van der Waals surface area contributed by atoms with Crippen molar-refractivity contribution in [2.45, 2.75) is 24.3 Å². The number of benzene rings is 1. The lowest BCUT2D eigenvalue weighted by atomic mass is 10.3. The van der Waals surface area contributed by atoms with E-state index in [1.165, 1.54) is 24.3 Å². The molecule has 7 nitrogen and oxygen atoms in total. The molecule has 3 N–H and O–H groups in total. The van der Waals surface area contributed by atoms with Crippen LogP contribution in [0.4, 0.5) is 0 Å². The van der Waals surface area contributed by atoms with Crippen LogP contribution in [0.5, 0.6) is 5.75 Å². The van der Waals surface area contributed by atoms with E-state index in [0.717, 1.165) is 0 Å². The van der Waals surface area contributed by atoms with Crippen molar-refractivity contribution < 1.29 is 28.2 Å². The summed E-state index contributed by atoms with van der Waals surface area (Å²) in [6, 6.07) is 5.01. The molecule has 0 spiro atoms. The maximum absolute atomic E-state index is 11.9. The monoisotopic (exact) mass is 303 g/mol. The van der Waals surface area contributed by atoms with E-state index in [0.29, 0.717) is 5.75 Å². The van der Waals surface area contributed by atoms with Crippen LogP contribution in [-0.2, 0) is 14.8 Å². The first-order chi connectivity index (χ1) is 9.35. The molecule has 0 aliphatic rings. The second kappa shape index (κ2) is 7.22. The summed E-state index contributed by atoms with van der Waals surface area (Å²) in [5, 5.41) is 17.3. The summed E-state index contributed by atoms with van der Waals surface area (Å²) in [5.41, 5.74) is 0. The Labute approximate surface area is 117 Å². The molecule has 0 saturated carbocycles. The van der Waals surface area contributed by atoms with E-state index in [4.69, 9.17) is 14.9 Å². The Bertz CT molecular complexity index is 540. The predicted molar refractivity (Wildman–Crippen MR) is 71.1 cm³/mol. The van der Waals surface area contributed by atoms with Gasteiger partial charge in [0.15, 0.2) is 0 Å². The minimum absolute atomic E-state index is 0.0151. The van der Waals surface area contributed by atoms with Gasteiger partial charge in [-0.05, 0) is 31.2 Å². The van der Waals surface area contributed by atoms with Crippen molar-refractivity contribution in [3.8, 4) is 5.75 Å². The fourth-order valence-electron chi connectivity index (χ4n) is 1.34. The predicted octanol–water partition coefficient (Wildman–Crippen LogP) is 0.199. The van der Waals surface area contributed by atoms with Crippen molar-refractivity contribution >= 4 is 16.0 Å². The molecule has 0 heterocycles. The Hall–Kier alpha value is -1.64. The lowest BCUT2D eigenvalue weighted by molar-refractivity contribution is -0.137. The van der Waals surface area contributed by atoms with Gasteiger partial charge >= 0.3 is 5.97 Å². The molecule has 1 atom stereocenters. The minimum Gasteiger partial charge on any atom is -0.493 e. The number of carbonyl (C=O) groups is 1. The van der Waals surface area contributed by atoms with Crippen LogP contribution in [0.3, 0.4) is 0 Å². The van der Waals surface area contributed by atoms with Gasteiger partial charge in [0.25, 0.3) is 0 Å². The smallest absolute Gasteiger partial charge is 0.306 e. The van der Waals surface area contributed by atoms with Gasteiger partial charge in [0.2, 0.25) is 10.0 Å². The molecule has 0 fully saturated rings. The average Bonchev–Trinajstić information content (AvgIpc) is 2.38. The van der Waals surface area contributed by atoms with Crippen molar-refractivity contribution in [2.75, 3.05) is 13.2 Å². The number of carboxylic acids is 1. The summed E-state index contributed by atoms with van der Waals surface area (Å²) in [5.74, 6) is -0.577. The van der Waals surface area contributed by atoms with Gasteiger partial charge in [-0.2, -0.15) is 0 Å². The van der Waals surface area contributed by atoms with Gasteiger partial charge in [-0.15, -0.1) is 0 Å². The summed E-state index contributed by atoms with van der Waals surface area (Å²) < 4.78 is 31.2. The van der Waals surface area contributed by atoms with Crippen molar-refractivity contribution in [3.63, 3.8) is 0 Å². The van der Waals surface area contributed by atoms with E-state index in [1.54, 1.807) is 6.92 Å². The molecule has 0 unspecified atom stereocenters. The second-order valence-electron chi connectivity index (χ2n) is 4.17. The number of aliphatic carboxylic acids is 1. The van der Waals surface area contributed by atoms with E-state index < -0.39 is 22.0 Å². The molecule has 0 amide bonds. The second-order valence-corrected chi connectivity index (χ2v) is 5.88. The Morgan fingerprint density at radius 2 is 1.95 bits per heavy atom. The Balaban J connectivity index is 2.68. The molecule has 112 valence electrons. The summed E-state index contributed by atoms with van der Waals surface area (Å²) in [4.78, 5) is 10.4. The Morgan fingerprint density at radius 3 is 2.45 bits per heavy atom. The molecule has 1 aromatic rings. The standard InChI is InChI=1S/C12H17NO6S/c1-9(8-14)13-20(17,18)11-4-2-10(3-5-11)19-7-6-12(15)16/h2-5,9,13-14H,6-8H2,1H3,(H,15,16)/t9-/m0/s1. The zero-order chi connectivity index (χ0) is 15.2. The maximum Gasteiger partial charge on any atom is 0.306 e. The van der Waals surface area contributed by atoms with Gasteiger partial charge in [-0.25, -0.2) is 13.1 Å². The topological polar surface area (TPSA) is 113 Å². The third kappa shape index (κ3) is 5.16. The Morgan fingerprint density at radius 1 is 1.35 bits per heavy atom. The number of aliphatic hydroxyl groups excluding tert-OH is 1. The van der Waals surface area contributed by atoms with Crippen LogP contribution >= 0.6 is 0 Å². The van der Waals surface area contributed by atoms with Crippen LogP contribution < -0.4 is 9.46 Å². The number of carboxylic acid groups (broad SMARTS) is 1. The van der Waals surface area contributed by atoms with Gasteiger partial charge in [0.1, 0.15) is 5.75 Å². The highest BCUT2D eigenvalue weighted by Gasteiger charge is 2.16. The van der Waals surface area contributed by atoms with E-state index >= 15 is 0 Å². The molecular weight excluding hydrogens is 286 g/mol. The first kappa shape index (κ1) is 16.4. The summed E-state index contributed by atoms with van der Waals surface area (Å²) >= 11 is 0. The van der Waals surface area contributed by atoms with E-state index in [2.05, 4.69) is 4.72 Å². The van der Waals surface area contributed by atoms with Crippen LogP contribution in [0.15, 0.2) is 29.2 Å². The molecule has 8 heteroatoms. The third-order valence-corrected chi connectivity index (χ3v) is 3.95. The van der Waals surface area contributed by atoms with Crippen LogP contribution in [0.25, 0.3) is 0 Å². The number of hydrogen-bond donors (Lipinski definition) is 3. The normalized spacial score (nSPS) is 12.9. The highest BCUT2D eigenvalue weighted by Crippen LogP contribution is 2.16. The number of rotatable bonds is 8. The number of ether oxygens (including phenoxy) is 1. The first-order valence-electron chi connectivity index (χ1n) is 5.93. The van der Waals surface area contributed by atoms with Crippen molar-refractivity contribution in [1.82, 2.24) is 4.72 Å². The number of aliphatic hydroxyl groups is 1. The number of nitrogens with one attached hydrogen (secondary N) is 1. The third-order valence-electron chi connectivity index (χ3n) is 2.35. The molecular formula is C12H17NO6S. The highest BCUT2D eigenvalue weighted by molar-refractivity contribution is 7.89. The first-order valence-corrected chi connectivity index (χ1v) is 7.41.